The van der Waals surface area contributed by atoms with Crippen LogP contribution >= 0.6 is 0 Å². The number of carbonyl (C=O) groups excluding carboxylic acids is 1. The molecular formula is C18H24N4O. The minimum Gasteiger partial charge on any atom is -0.366 e. The molecule has 3 N–H and O–H groups in total. The maximum absolute atomic E-state index is 11.6. The van der Waals surface area contributed by atoms with Gasteiger partial charge in [-0.25, -0.2) is 4.98 Å². The van der Waals surface area contributed by atoms with E-state index in [-0.39, 0.29) is 5.41 Å². The highest BCUT2D eigenvalue weighted by Gasteiger charge is 2.39. The van der Waals surface area contributed by atoms with Gasteiger partial charge in [-0.05, 0) is 37.9 Å². The minimum atomic E-state index is -0.396. The van der Waals surface area contributed by atoms with Gasteiger partial charge < -0.3 is 10.7 Å². The maximum atomic E-state index is 11.6. The normalized spacial score (nSPS) is 26.3. The van der Waals surface area contributed by atoms with Gasteiger partial charge in [0.15, 0.2) is 0 Å². The summed E-state index contributed by atoms with van der Waals surface area (Å²) >= 11 is 0. The molecule has 2 aromatic rings. The van der Waals surface area contributed by atoms with Crippen LogP contribution < -0.4 is 5.73 Å². The fourth-order valence-electron chi connectivity index (χ4n) is 4.36. The lowest BCUT2D eigenvalue weighted by Gasteiger charge is -2.27. The molecule has 1 saturated carbocycles. The van der Waals surface area contributed by atoms with Crippen LogP contribution in [-0.2, 0) is 5.41 Å². The number of aromatic amines is 1. The van der Waals surface area contributed by atoms with Crippen LogP contribution in [-0.4, -0.2) is 39.9 Å². The van der Waals surface area contributed by atoms with E-state index in [9.17, 15) is 4.79 Å². The highest BCUT2D eigenvalue weighted by molar-refractivity contribution is 6.04. The number of H-pyrrole nitrogens is 1. The Morgan fingerprint density at radius 2 is 2.22 bits per heavy atom. The van der Waals surface area contributed by atoms with Crippen LogP contribution in [0.25, 0.3) is 11.0 Å². The van der Waals surface area contributed by atoms with Gasteiger partial charge in [-0.3, -0.25) is 9.69 Å². The van der Waals surface area contributed by atoms with Gasteiger partial charge in [0.1, 0.15) is 5.65 Å². The maximum Gasteiger partial charge on any atom is 0.249 e. The summed E-state index contributed by atoms with van der Waals surface area (Å²) in [5.41, 5.74) is 8.07. The Balaban J connectivity index is 1.66. The lowest BCUT2D eigenvalue weighted by molar-refractivity contribution is 0.100. The number of primary amides is 1. The largest absolute Gasteiger partial charge is 0.366 e. The molecule has 2 fully saturated rings. The predicted octanol–water partition coefficient (Wildman–Crippen LogP) is 2.57. The van der Waals surface area contributed by atoms with Crippen molar-refractivity contribution in [2.45, 2.75) is 50.5 Å². The summed E-state index contributed by atoms with van der Waals surface area (Å²) in [6.07, 6.45) is 8.21. The van der Waals surface area contributed by atoms with Gasteiger partial charge in [-0.1, -0.05) is 19.8 Å². The van der Waals surface area contributed by atoms with Gasteiger partial charge in [-0.2, -0.15) is 0 Å². The lowest BCUT2D eigenvalue weighted by atomic mass is 9.86. The van der Waals surface area contributed by atoms with E-state index in [2.05, 4.69) is 27.9 Å². The summed E-state index contributed by atoms with van der Waals surface area (Å²) in [6, 6.07) is 4.55. The van der Waals surface area contributed by atoms with E-state index in [1.54, 1.807) is 12.3 Å². The number of amides is 1. The molecule has 2 aromatic heterocycles. The van der Waals surface area contributed by atoms with E-state index < -0.39 is 5.91 Å². The molecule has 1 amide bonds. The zero-order valence-corrected chi connectivity index (χ0v) is 13.6. The first-order valence-corrected chi connectivity index (χ1v) is 8.59. The van der Waals surface area contributed by atoms with Crippen molar-refractivity contribution < 1.29 is 4.79 Å². The van der Waals surface area contributed by atoms with Gasteiger partial charge in [0.25, 0.3) is 0 Å². The van der Waals surface area contributed by atoms with Crippen molar-refractivity contribution in [2.24, 2.45) is 5.73 Å². The van der Waals surface area contributed by atoms with Crippen molar-refractivity contribution >= 4 is 16.9 Å². The molecule has 1 atom stereocenters. The zero-order valence-electron chi connectivity index (χ0n) is 13.6. The van der Waals surface area contributed by atoms with Crippen LogP contribution in [0.4, 0.5) is 0 Å². The monoisotopic (exact) mass is 312 g/mol. The first kappa shape index (κ1) is 14.7. The molecule has 1 aliphatic heterocycles. The molecule has 0 bridgehead atoms. The van der Waals surface area contributed by atoms with Gasteiger partial charge in [0, 0.05) is 35.3 Å². The Morgan fingerprint density at radius 1 is 1.43 bits per heavy atom. The van der Waals surface area contributed by atoms with Crippen LogP contribution in [0.2, 0.25) is 0 Å². The summed E-state index contributed by atoms with van der Waals surface area (Å²) in [6.45, 7) is 4.56. The van der Waals surface area contributed by atoms with Crippen molar-refractivity contribution in [1.29, 1.82) is 0 Å². The topological polar surface area (TPSA) is 75.0 Å². The molecule has 1 aliphatic carbocycles. The van der Waals surface area contributed by atoms with Crippen molar-refractivity contribution in [3.8, 4) is 0 Å². The number of carbonyl (C=O) groups is 1. The number of nitrogens with zero attached hydrogens (tertiary/aromatic N) is 2. The lowest BCUT2D eigenvalue weighted by Crippen LogP contribution is -2.34. The molecule has 122 valence electrons. The molecule has 1 unspecified atom stereocenters. The number of pyridine rings is 1. The van der Waals surface area contributed by atoms with Crippen molar-refractivity contribution in [3.05, 3.63) is 29.6 Å². The second-order valence-electron chi connectivity index (χ2n) is 7.39. The molecule has 1 saturated heterocycles. The molecule has 5 heteroatoms. The molecular weight excluding hydrogens is 288 g/mol. The highest BCUT2D eigenvalue weighted by atomic mass is 16.1. The summed E-state index contributed by atoms with van der Waals surface area (Å²) in [5, 5.41) is 0.843. The predicted molar refractivity (Wildman–Crippen MR) is 90.4 cm³/mol. The Morgan fingerprint density at radius 3 is 2.96 bits per heavy atom. The van der Waals surface area contributed by atoms with Crippen LogP contribution in [0.1, 0.15) is 55.1 Å². The number of nitrogens with one attached hydrogen (secondary N) is 1. The molecule has 2 aliphatic rings. The number of fused-ring (bicyclic) bond motifs is 1. The van der Waals surface area contributed by atoms with E-state index in [0.29, 0.717) is 5.56 Å². The third kappa shape index (κ3) is 2.43. The summed E-state index contributed by atoms with van der Waals surface area (Å²) in [5.74, 6) is -0.396. The molecule has 23 heavy (non-hydrogen) atoms. The number of rotatable bonds is 3. The zero-order chi connectivity index (χ0) is 16.0. The molecule has 3 heterocycles. The second-order valence-corrected chi connectivity index (χ2v) is 7.39. The Labute approximate surface area is 136 Å². The third-order valence-electron chi connectivity index (χ3n) is 5.79. The number of likely N-dealkylation sites (tertiary alicyclic amines) is 1. The second kappa shape index (κ2) is 5.34. The summed E-state index contributed by atoms with van der Waals surface area (Å²) < 4.78 is 0. The standard InChI is InChI=1S/C18H24N4O/c1-18(7-9-22(11-18)12-4-2-3-5-12)15-10-14-13(16(19)23)6-8-20-17(14)21-15/h6,8,10,12H,2-5,7,9,11H2,1H3,(H2,19,23)(H,20,21). The SMILES string of the molecule is CC1(c2cc3c(C(N)=O)ccnc3[nH]2)CCN(C2CCCC2)C1. The Hall–Kier alpha value is -1.88. The number of hydrogen-bond donors (Lipinski definition) is 2. The van der Waals surface area contributed by atoms with E-state index in [0.717, 1.165) is 36.6 Å². The smallest absolute Gasteiger partial charge is 0.249 e. The van der Waals surface area contributed by atoms with Gasteiger partial charge in [0.05, 0.1) is 5.56 Å². The fraction of sp³-hybridized carbons (Fsp3) is 0.556. The summed E-state index contributed by atoms with van der Waals surface area (Å²) in [4.78, 5) is 22.1. The van der Waals surface area contributed by atoms with Gasteiger partial charge in [0.2, 0.25) is 5.91 Å². The average Bonchev–Trinajstić information content (AvgIpc) is 3.25. The quantitative estimate of drug-likeness (QED) is 0.914. The van der Waals surface area contributed by atoms with E-state index in [4.69, 9.17) is 5.73 Å². The van der Waals surface area contributed by atoms with Gasteiger partial charge in [-0.15, -0.1) is 0 Å². The minimum absolute atomic E-state index is 0.0954. The molecule has 4 rings (SSSR count). The van der Waals surface area contributed by atoms with Crippen LogP contribution in [0.15, 0.2) is 18.3 Å². The van der Waals surface area contributed by atoms with Crippen LogP contribution in [0.5, 0.6) is 0 Å². The molecule has 5 nitrogen and oxygen atoms in total. The fourth-order valence-corrected chi connectivity index (χ4v) is 4.36. The molecule has 0 aromatic carbocycles. The average molecular weight is 312 g/mol. The van der Waals surface area contributed by atoms with E-state index in [1.165, 1.54) is 31.4 Å². The van der Waals surface area contributed by atoms with Gasteiger partial charge >= 0.3 is 0 Å². The Bertz CT molecular complexity index is 747. The first-order chi connectivity index (χ1) is 11.1. The number of hydrogen-bond acceptors (Lipinski definition) is 3. The van der Waals surface area contributed by atoms with E-state index >= 15 is 0 Å². The van der Waals surface area contributed by atoms with E-state index in [1.807, 2.05) is 0 Å². The number of nitrogens with two attached hydrogens (primary N) is 1. The van der Waals surface area contributed by atoms with Crippen molar-refractivity contribution in [3.63, 3.8) is 0 Å². The molecule has 0 radical (unpaired) electrons. The third-order valence-corrected chi connectivity index (χ3v) is 5.79. The first-order valence-electron chi connectivity index (χ1n) is 8.59. The summed E-state index contributed by atoms with van der Waals surface area (Å²) in [7, 11) is 0. The van der Waals surface area contributed by atoms with Crippen molar-refractivity contribution in [1.82, 2.24) is 14.9 Å². The number of aromatic nitrogens is 2. The highest BCUT2D eigenvalue weighted by Crippen LogP contribution is 2.38. The van der Waals surface area contributed by atoms with Crippen LogP contribution in [0, 0.1) is 0 Å². The Kier molecular flexibility index (Phi) is 3.41. The van der Waals surface area contributed by atoms with Crippen molar-refractivity contribution in [2.75, 3.05) is 13.1 Å². The molecule has 0 spiro atoms. The van der Waals surface area contributed by atoms with Crippen LogP contribution in [0.3, 0.4) is 0 Å².